The molecule has 0 spiro atoms. The van der Waals surface area contributed by atoms with Gasteiger partial charge in [0.1, 0.15) is 0 Å². The number of amides is 1. The van der Waals surface area contributed by atoms with Gasteiger partial charge < -0.3 is 14.8 Å². The molecule has 0 atom stereocenters. The number of nitrogens with zero attached hydrogens (tertiary/aromatic N) is 1. The number of nitrogens with one attached hydrogen (secondary N) is 1. The van der Waals surface area contributed by atoms with E-state index in [2.05, 4.69) is 5.32 Å². The van der Waals surface area contributed by atoms with Gasteiger partial charge in [0.2, 0.25) is 15.9 Å². The molecule has 4 aromatic rings. The zero-order chi connectivity index (χ0) is 27.0. The van der Waals surface area contributed by atoms with Crippen LogP contribution in [-0.4, -0.2) is 39.4 Å². The minimum absolute atomic E-state index is 0.00144. The van der Waals surface area contributed by atoms with Crippen LogP contribution in [0.25, 0.3) is 0 Å². The average Bonchev–Trinajstić information content (AvgIpc) is 2.96. The number of carbonyl (C=O) groups excluding carboxylic acids is 1. The molecule has 0 saturated carbocycles. The van der Waals surface area contributed by atoms with Gasteiger partial charge in [-0.05, 0) is 28.8 Å². The Labute approximate surface area is 223 Å². The lowest BCUT2D eigenvalue weighted by molar-refractivity contribution is -0.121. The molecular formula is C30H30N2O5S. The van der Waals surface area contributed by atoms with E-state index in [1.54, 1.807) is 0 Å². The normalized spacial score (nSPS) is 11.4. The van der Waals surface area contributed by atoms with Crippen molar-refractivity contribution >= 4 is 15.9 Å². The molecule has 0 unspecified atom stereocenters. The highest BCUT2D eigenvalue weighted by atomic mass is 32.2. The van der Waals surface area contributed by atoms with E-state index in [1.165, 1.54) is 36.7 Å². The van der Waals surface area contributed by atoms with Crippen molar-refractivity contribution in [2.75, 3.05) is 20.8 Å². The molecule has 0 bridgehead atoms. The van der Waals surface area contributed by atoms with E-state index >= 15 is 0 Å². The monoisotopic (exact) mass is 530 g/mol. The highest BCUT2D eigenvalue weighted by molar-refractivity contribution is 7.89. The average molecular weight is 531 g/mol. The number of carbonyl (C=O) groups is 1. The lowest BCUT2D eigenvalue weighted by Gasteiger charge is -2.25. The number of hydrogen-bond donors (Lipinski definition) is 1. The first-order valence-corrected chi connectivity index (χ1v) is 13.5. The molecule has 196 valence electrons. The van der Waals surface area contributed by atoms with Crippen molar-refractivity contribution in [1.29, 1.82) is 0 Å². The maximum atomic E-state index is 13.8. The second-order valence-corrected chi connectivity index (χ2v) is 10.5. The van der Waals surface area contributed by atoms with Gasteiger partial charge in [-0.2, -0.15) is 4.31 Å². The van der Waals surface area contributed by atoms with E-state index in [9.17, 15) is 13.2 Å². The van der Waals surface area contributed by atoms with Crippen molar-refractivity contribution in [3.63, 3.8) is 0 Å². The molecule has 0 aliphatic carbocycles. The maximum Gasteiger partial charge on any atom is 0.243 e. The van der Waals surface area contributed by atoms with Crippen LogP contribution in [0.3, 0.4) is 0 Å². The third-order valence-electron chi connectivity index (χ3n) is 6.09. The molecule has 7 nitrogen and oxygen atoms in total. The Kier molecular flexibility index (Phi) is 8.78. The van der Waals surface area contributed by atoms with E-state index in [4.69, 9.17) is 9.47 Å². The molecule has 0 heterocycles. The van der Waals surface area contributed by atoms with Crippen LogP contribution in [0.2, 0.25) is 0 Å². The minimum atomic E-state index is -4.08. The topological polar surface area (TPSA) is 84.9 Å². The summed E-state index contributed by atoms with van der Waals surface area (Å²) in [6.07, 6.45) is 0. The summed E-state index contributed by atoms with van der Waals surface area (Å²) in [5.74, 6) is 0.265. The van der Waals surface area contributed by atoms with Gasteiger partial charge in [0.05, 0.1) is 31.7 Å². The number of hydrogen-bond acceptors (Lipinski definition) is 5. The van der Waals surface area contributed by atoms with Crippen LogP contribution in [0, 0.1) is 0 Å². The van der Waals surface area contributed by atoms with Gasteiger partial charge in [0, 0.05) is 12.6 Å². The fourth-order valence-corrected chi connectivity index (χ4v) is 5.56. The van der Waals surface area contributed by atoms with Crippen LogP contribution in [0.15, 0.2) is 114 Å². The minimum Gasteiger partial charge on any atom is -0.493 e. The molecule has 0 aliphatic heterocycles. The molecule has 0 aromatic heterocycles. The first-order valence-electron chi connectivity index (χ1n) is 12.1. The predicted molar refractivity (Wildman–Crippen MR) is 146 cm³/mol. The summed E-state index contributed by atoms with van der Waals surface area (Å²) in [6.45, 7) is -0.353. The third-order valence-corrected chi connectivity index (χ3v) is 7.87. The van der Waals surface area contributed by atoms with Crippen LogP contribution >= 0.6 is 0 Å². The third kappa shape index (κ3) is 6.40. The van der Waals surface area contributed by atoms with Crippen molar-refractivity contribution in [2.24, 2.45) is 0 Å². The molecule has 1 N–H and O–H groups in total. The predicted octanol–water partition coefficient (Wildman–Crippen LogP) is 4.80. The van der Waals surface area contributed by atoms with Crippen molar-refractivity contribution in [1.82, 2.24) is 9.62 Å². The fourth-order valence-electron chi connectivity index (χ4n) is 4.16. The maximum absolute atomic E-state index is 13.8. The van der Waals surface area contributed by atoms with Crippen LogP contribution in [0.1, 0.15) is 22.7 Å². The van der Waals surface area contributed by atoms with Crippen molar-refractivity contribution < 1.29 is 22.7 Å². The Morgan fingerprint density at radius 1 is 0.763 bits per heavy atom. The standard InChI is InChI=1S/C30H30N2O5S/c1-36-27-19-18-26(20-28(27)37-2)38(34,35)32(21-23-12-6-3-7-13-23)22-29(33)31-30(24-14-8-4-9-15-24)25-16-10-5-11-17-25/h3-20,30H,21-22H2,1-2H3,(H,31,33). The number of benzene rings is 4. The van der Waals surface area contributed by atoms with Gasteiger partial charge >= 0.3 is 0 Å². The number of ether oxygens (including phenoxy) is 2. The van der Waals surface area contributed by atoms with Gasteiger partial charge in [0.15, 0.2) is 11.5 Å². The lowest BCUT2D eigenvalue weighted by atomic mass is 9.99. The van der Waals surface area contributed by atoms with Gasteiger partial charge in [-0.25, -0.2) is 8.42 Å². The zero-order valence-corrected chi connectivity index (χ0v) is 22.1. The van der Waals surface area contributed by atoms with Crippen LogP contribution < -0.4 is 14.8 Å². The summed E-state index contributed by atoms with van der Waals surface area (Å²) in [7, 11) is -1.16. The molecule has 0 radical (unpaired) electrons. The van der Waals surface area contributed by atoms with E-state index in [0.29, 0.717) is 5.75 Å². The smallest absolute Gasteiger partial charge is 0.243 e. The second kappa shape index (κ2) is 12.4. The van der Waals surface area contributed by atoms with Gasteiger partial charge in [-0.3, -0.25) is 4.79 Å². The first kappa shape index (κ1) is 26.9. The van der Waals surface area contributed by atoms with E-state index in [-0.39, 0.29) is 23.7 Å². The van der Waals surface area contributed by atoms with Gasteiger partial charge in [0.25, 0.3) is 0 Å². The van der Waals surface area contributed by atoms with Gasteiger partial charge in [-0.15, -0.1) is 0 Å². The number of methoxy groups -OCH3 is 2. The molecule has 38 heavy (non-hydrogen) atoms. The zero-order valence-electron chi connectivity index (χ0n) is 21.3. The molecule has 4 rings (SSSR count). The second-order valence-electron chi connectivity index (χ2n) is 8.60. The van der Waals surface area contributed by atoms with Gasteiger partial charge in [-0.1, -0.05) is 91.0 Å². The molecule has 4 aromatic carbocycles. The summed E-state index contributed by atoms with van der Waals surface area (Å²) < 4.78 is 39.4. The molecule has 8 heteroatoms. The largest absolute Gasteiger partial charge is 0.493 e. The number of sulfonamides is 1. The SMILES string of the molecule is COc1ccc(S(=O)(=O)N(CC(=O)NC(c2ccccc2)c2ccccc2)Cc2ccccc2)cc1OC. The molecule has 0 fully saturated rings. The van der Waals surface area contributed by atoms with E-state index in [1.807, 2.05) is 91.0 Å². The van der Waals surface area contributed by atoms with Crippen LogP contribution in [0.5, 0.6) is 11.5 Å². The Hall–Kier alpha value is -4.14. The summed E-state index contributed by atoms with van der Waals surface area (Å²) >= 11 is 0. The molecule has 0 saturated heterocycles. The summed E-state index contributed by atoms with van der Waals surface area (Å²) in [5.41, 5.74) is 2.54. The van der Waals surface area contributed by atoms with Crippen molar-refractivity contribution in [2.45, 2.75) is 17.5 Å². The number of rotatable bonds is 11. The summed E-state index contributed by atoms with van der Waals surface area (Å²) in [4.78, 5) is 13.4. The molecular weight excluding hydrogens is 500 g/mol. The van der Waals surface area contributed by atoms with Crippen molar-refractivity contribution in [3.05, 3.63) is 126 Å². The van der Waals surface area contributed by atoms with Crippen molar-refractivity contribution in [3.8, 4) is 11.5 Å². The van der Waals surface area contributed by atoms with Crippen LogP contribution in [-0.2, 0) is 21.4 Å². The van der Waals surface area contributed by atoms with Crippen LogP contribution in [0.4, 0.5) is 0 Å². The first-order chi connectivity index (χ1) is 18.4. The Bertz CT molecular complexity index is 1410. The van der Waals surface area contributed by atoms with E-state index < -0.39 is 22.0 Å². The fraction of sp³-hybridized carbons (Fsp3) is 0.167. The highest BCUT2D eigenvalue weighted by Gasteiger charge is 2.29. The summed E-state index contributed by atoms with van der Waals surface area (Å²) in [6, 6.07) is 32.3. The highest BCUT2D eigenvalue weighted by Crippen LogP contribution is 2.31. The summed E-state index contributed by atoms with van der Waals surface area (Å²) in [5, 5.41) is 3.04. The van der Waals surface area contributed by atoms with E-state index in [0.717, 1.165) is 16.7 Å². The molecule has 1 amide bonds. The quantitative estimate of drug-likeness (QED) is 0.301. The molecule has 0 aliphatic rings. The lowest BCUT2D eigenvalue weighted by Crippen LogP contribution is -2.41. The Balaban J connectivity index is 1.65. The Morgan fingerprint density at radius 3 is 1.82 bits per heavy atom. The Morgan fingerprint density at radius 2 is 1.29 bits per heavy atom.